The zero-order valence-electron chi connectivity index (χ0n) is 27.2. The van der Waals surface area contributed by atoms with Crippen molar-refractivity contribution in [1.29, 1.82) is 0 Å². The fourth-order valence-corrected chi connectivity index (χ4v) is 6.74. The van der Waals surface area contributed by atoms with E-state index in [0.717, 1.165) is 22.6 Å². The lowest BCUT2D eigenvalue weighted by Gasteiger charge is -2.15. The minimum absolute atomic E-state index is 1.05. The summed E-state index contributed by atoms with van der Waals surface area (Å²) in [6.07, 6.45) is 2.30. The van der Waals surface area contributed by atoms with Crippen LogP contribution in [0.25, 0.3) is 50.3 Å². The molecule has 48 heavy (non-hydrogen) atoms. The molecule has 1 N–H and O–H groups in total. The maximum atomic E-state index is 3.69. The summed E-state index contributed by atoms with van der Waals surface area (Å²) in [4.78, 5) is 0. The molecule has 1 aromatic heterocycles. The molecule has 0 unspecified atom stereocenters. The zero-order chi connectivity index (χ0) is 32.5. The number of aryl methyl sites for hydroxylation is 2. The number of nitrogens with zero attached hydrogens (tertiary/aromatic N) is 1. The molecule has 7 aromatic carbocycles. The minimum Gasteiger partial charge on any atom is -0.355 e. The van der Waals surface area contributed by atoms with Gasteiger partial charge < -0.3 is 9.88 Å². The molecular weight excluding hydrogens is 581 g/mol. The van der Waals surface area contributed by atoms with Crippen LogP contribution in [0.1, 0.15) is 27.8 Å². The van der Waals surface area contributed by atoms with Crippen molar-refractivity contribution in [2.45, 2.75) is 13.8 Å². The SMILES string of the molecule is Cc1ccc(/C=C(\c2ccc(Nc3ccccc3-c3ccccc3C)cc2)c2ccc(-n3c4ccccc4c4ccccc43)cc2)cc1. The molecule has 0 amide bonds. The van der Waals surface area contributed by atoms with Gasteiger partial charge in [-0.05, 0) is 95.8 Å². The van der Waals surface area contributed by atoms with Gasteiger partial charge in [-0.1, -0.05) is 133 Å². The Hall–Kier alpha value is -6.12. The predicted octanol–water partition coefficient (Wildman–Crippen LogP) is 12.4. The molecule has 0 saturated carbocycles. The first-order valence-corrected chi connectivity index (χ1v) is 16.5. The third-order valence-corrected chi connectivity index (χ3v) is 9.24. The highest BCUT2D eigenvalue weighted by molar-refractivity contribution is 6.09. The number of rotatable bonds is 7. The van der Waals surface area contributed by atoms with Crippen LogP contribution in [0.2, 0.25) is 0 Å². The molecule has 1 heterocycles. The number of anilines is 2. The van der Waals surface area contributed by atoms with Crippen molar-refractivity contribution in [3.63, 3.8) is 0 Å². The van der Waals surface area contributed by atoms with E-state index < -0.39 is 0 Å². The number of para-hydroxylation sites is 3. The molecule has 0 bridgehead atoms. The van der Waals surface area contributed by atoms with E-state index in [4.69, 9.17) is 0 Å². The minimum atomic E-state index is 1.05. The average Bonchev–Trinajstić information content (AvgIpc) is 3.47. The molecule has 0 aliphatic rings. The molecule has 0 spiro atoms. The van der Waals surface area contributed by atoms with Gasteiger partial charge in [-0.15, -0.1) is 0 Å². The van der Waals surface area contributed by atoms with E-state index in [1.807, 2.05) is 0 Å². The molecule has 0 fully saturated rings. The van der Waals surface area contributed by atoms with Crippen LogP contribution in [0, 0.1) is 13.8 Å². The fraction of sp³-hybridized carbons (Fsp3) is 0.0435. The van der Waals surface area contributed by atoms with Gasteiger partial charge in [-0.3, -0.25) is 0 Å². The smallest absolute Gasteiger partial charge is 0.0541 e. The number of benzene rings is 7. The highest BCUT2D eigenvalue weighted by Crippen LogP contribution is 2.35. The van der Waals surface area contributed by atoms with Crippen molar-refractivity contribution < 1.29 is 0 Å². The van der Waals surface area contributed by atoms with E-state index in [-0.39, 0.29) is 0 Å². The van der Waals surface area contributed by atoms with E-state index in [1.54, 1.807) is 0 Å². The Labute approximate surface area is 282 Å². The Balaban J connectivity index is 1.16. The summed E-state index contributed by atoms with van der Waals surface area (Å²) in [5.41, 5.74) is 15.4. The summed E-state index contributed by atoms with van der Waals surface area (Å²) in [6.45, 7) is 4.29. The third kappa shape index (κ3) is 5.59. The van der Waals surface area contributed by atoms with Crippen molar-refractivity contribution in [3.8, 4) is 16.8 Å². The Morgan fingerprint density at radius 2 is 1.04 bits per heavy atom. The van der Waals surface area contributed by atoms with Gasteiger partial charge in [-0.25, -0.2) is 0 Å². The molecule has 0 atom stereocenters. The van der Waals surface area contributed by atoms with E-state index >= 15 is 0 Å². The van der Waals surface area contributed by atoms with Crippen molar-refractivity contribution in [2.75, 3.05) is 5.32 Å². The van der Waals surface area contributed by atoms with Crippen LogP contribution in [0.3, 0.4) is 0 Å². The number of hydrogen-bond acceptors (Lipinski definition) is 1. The van der Waals surface area contributed by atoms with E-state index in [0.29, 0.717) is 0 Å². The van der Waals surface area contributed by atoms with Gasteiger partial charge in [0.2, 0.25) is 0 Å². The first-order chi connectivity index (χ1) is 23.6. The van der Waals surface area contributed by atoms with Crippen LogP contribution in [0.5, 0.6) is 0 Å². The molecule has 0 aliphatic heterocycles. The molecule has 2 nitrogen and oxygen atoms in total. The van der Waals surface area contributed by atoms with Crippen LogP contribution in [-0.4, -0.2) is 4.57 Å². The summed E-state index contributed by atoms with van der Waals surface area (Å²) in [5, 5.41) is 6.23. The van der Waals surface area contributed by atoms with Crippen molar-refractivity contribution in [1.82, 2.24) is 4.57 Å². The fourth-order valence-electron chi connectivity index (χ4n) is 6.74. The topological polar surface area (TPSA) is 17.0 Å². The van der Waals surface area contributed by atoms with Crippen molar-refractivity contribution in [2.24, 2.45) is 0 Å². The molecule has 230 valence electrons. The average molecular weight is 617 g/mol. The third-order valence-electron chi connectivity index (χ3n) is 9.24. The number of hydrogen-bond donors (Lipinski definition) is 1. The molecule has 0 radical (unpaired) electrons. The number of nitrogens with one attached hydrogen (secondary N) is 1. The van der Waals surface area contributed by atoms with Gasteiger partial charge in [0.1, 0.15) is 0 Å². The van der Waals surface area contributed by atoms with Gasteiger partial charge in [0.25, 0.3) is 0 Å². The molecule has 0 aliphatic carbocycles. The van der Waals surface area contributed by atoms with E-state index in [2.05, 4.69) is 200 Å². The van der Waals surface area contributed by atoms with Crippen molar-refractivity contribution in [3.05, 3.63) is 198 Å². The predicted molar refractivity (Wildman–Crippen MR) is 205 cm³/mol. The Morgan fingerprint density at radius 3 is 1.69 bits per heavy atom. The molecule has 2 heteroatoms. The maximum Gasteiger partial charge on any atom is 0.0541 e. The van der Waals surface area contributed by atoms with E-state index in [9.17, 15) is 0 Å². The van der Waals surface area contributed by atoms with Crippen LogP contribution < -0.4 is 5.32 Å². The Morgan fingerprint density at radius 1 is 0.500 bits per heavy atom. The molecule has 8 aromatic rings. The summed E-state index contributed by atoms with van der Waals surface area (Å²) in [5.74, 6) is 0. The number of fused-ring (bicyclic) bond motifs is 3. The largest absolute Gasteiger partial charge is 0.355 e. The van der Waals surface area contributed by atoms with Gasteiger partial charge in [0.05, 0.1) is 11.0 Å². The summed E-state index contributed by atoms with van der Waals surface area (Å²) in [6, 6.07) is 60.9. The zero-order valence-corrected chi connectivity index (χ0v) is 27.2. The van der Waals surface area contributed by atoms with Gasteiger partial charge >= 0.3 is 0 Å². The first-order valence-electron chi connectivity index (χ1n) is 16.5. The highest BCUT2D eigenvalue weighted by Gasteiger charge is 2.13. The Kier molecular flexibility index (Phi) is 7.68. The lowest BCUT2D eigenvalue weighted by Crippen LogP contribution is -1.96. The lowest BCUT2D eigenvalue weighted by atomic mass is 9.95. The van der Waals surface area contributed by atoms with Crippen LogP contribution in [0.15, 0.2) is 170 Å². The second-order valence-electron chi connectivity index (χ2n) is 12.4. The van der Waals surface area contributed by atoms with Crippen LogP contribution in [0.4, 0.5) is 11.4 Å². The van der Waals surface area contributed by atoms with Gasteiger partial charge in [0.15, 0.2) is 0 Å². The standard InChI is InChI=1S/C46H36N2/c1-32-19-21-34(22-20-32)31-43(35-23-27-37(28-24-35)47-44-16-8-5-13-40(44)39-12-4-3-11-33(39)2)36-25-29-38(30-26-36)48-45-17-9-6-14-41(45)42-15-7-10-18-46(42)48/h3-31,47H,1-2H3/b43-31+. The van der Waals surface area contributed by atoms with Crippen LogP contribution in [-0.2, 0) is 0 Å². The summed E-state index contributed by atoms with van der Waals surface area (Å²) >= 11 is 0. The second-order valence-corrected chi connectivity index (χ2v) is 12.4. The maximum absolute atomic E-state index is 3.69. The molecular formula is C46H36N2. The van der Waals surface area contributed by atoms with Gasteiger partial charge in [-0.2, -0.15) is 0 Å². The highest BCUT2D eigenvalue weighted by atomic mass is 15.0. The number of aromatic nitrogens is 1. The molecule has 8 rings (SSSR count). The summed E-state index contributed by atoms with van der Waals surface area (Å²) in [7, 11) is 0. The first kappa shape index (κ1) is 29.3. The quantitative estimate of drug-likeness (QED) is 0.176. The monoisotopic (exact) mass is 616 g/mol. The van der Waals surface area contributed by atoms with Crippen molar-refractivity contribution >= 4 is 44.8 Å². The normalized spacial score (nSPS) is 11.7. The van der Waals surface area contributed by atoms with E-state index in [1.165, 1.54) is 60.8 Å². The Bertz CT molecular complexity index is 2350. The lowest BCUT2D eigenvalue weighted by molar-refractivity contribution is 1.18. The van der Waals surface area contributed by atoms with Gasteiger partial charge in [0, 0.05) is 33.4 Å². The van der Waals surface area contributed by atoms with Crippen LogP contribution >= 0.6 is 0 Å². The molecule has 0 saturated heterocycles. The summed E-state index contributed by atoms with van der Waals surface area (Å²) < 4.78 is 2.37. The second kappa shape index (κ2) is 12.6.